The van der Waals surface area contributed by atoms with Crippen LogP contribution in [0, 0.1) is 0 Å². The lowest BCUT2D eigenvalue weighted by atomic mass is 10.00. The van der Waals surface area contributed by atoms with Crippen molar-refractivity contribution in [2.45, 2.75) is 32.4 Å². The molecule has 2 heterocycles. The van der Waals surface area contributed by atoms with E-state index in [1.165, 1.54) is 0 Å². The van der Waals surface area contributed by atoms with E-state index in [2.05, 4.69) is 9.47 Å². The third-order valence-corrected chi connectivity index (χ3v) is 7.38. The van der Waals surface area contributed by atoms with E-state index in [1.807, 2.05) is 18.2 Å². The number of phenolic OH excluding ortho intramolecular Hbond substituents is 1. The molecule has 1 aliphatic carbocycles. The van der Waals surface area contributed by atoms with Crippen molar-refractivity contribution in [2.24, 2.45) is 0 Å². The number of hydrogen-bond acceptors (Lipinski definition) is 7. The average Bonchev–Trinajstić information content (AvgIpc) is 3.68. The van der Waals surface area contributed by atoms with Crippen LogP contribution in [0.3, 0.4) is 0 Å². The van der Waals surface area contributed by atoms with Gasteiger partial charge in [0.2, 0.25) is 0 Å². The Kier molecular flexibility index (Phi) is 7.13. The predicted octanol–water partition coefficient (Wildman–Crippen LogP) is 3.48. The molecule has 0 bridgehead atoms. The second-order valence-electron chi connectivity index (χ2n) is 9.03. The summed E-state index contributed by atoms with van der Waals surface area (Å²) < 4.78 is 31.1. The van der Waals surface area contributed by atoms with Crippen LogP contribution in [0.4, 0.5) is 0 Å². The number of carbonyl (C=O) groups is 1. The van der Waals surface area contributed by atoms with Crippen molar-refractivity contribution in [3.8, 4) is 11.5 Å². The fraction of sp³-hybridized carbons (Fsp3) is 0.407. The van der Waals surface area contributed by atoms with Gasteiger partial charge in [-0.1, -0.05) is 0 Å². The molecule has 0 radical (unpaired) electrons. The van der Waals surface area contributed by atoms with Crippen LogP contribution in [0.25, 0.3) is 10.9 Å². The second-order valence-corrected chi connectivity index (χ2v) is 9.61. The standard InChI is InChI=1S/C27H30N2O6S/c1-3-35-27(31)24-23-20(16-28-12-14-34-15-13-28)22(30)11-10-21(23)29(18-6-7-18)25(24)26(36-32)17-4-8-19(33-2)9-5-17/h4-5,8-11,18,30H,3,6-7,12-16H2,1-2H3. The molecule has 0 unspecified atom stereocenters. The maximum Gasteiger partial charge on any atom is 0.341 e. The van der Waals surface area contributed by atoms with Gasteiger partial charge in [0, 0.05) is 36.6 Å². The molecule has 1 aliphatic heterocycles. The molecular formula is C27H30N2O6S. The van der Waals surface area contributed by atoms with Gasteiger partial charge >= 0.3 is 5.97 Å². The largest absolute Gasteiger partial charge is 0.508 e. The predicted molar refractivity (Wildman–Crippen MR) is 138 cm³/mol. The zero-order chi connectivity index (χ0) is 25.2. The summed E-state index contributed by atoms with van der Waals surface area (Å²) in [5, 5.41) is 11.6. The number of hydrogen-bond donors (Lipinski definition) is 1. The number of rotatable bonds is 8. The van der Waals surface area contributed by atoms with Crippen LogP contribution in [0.1, 0.15) is 53.0 Å². The summed E-state index contributed by atoms with van der Waals surface area (Å²) in [7, 11) is 1.59. The number of aromatic nitrogens is 1. The lowest BCUT2D eigenvalue weighted by molar-refractivity contribution is 0.0340. The van der Waals surface area contributed by atoms with Crippen molar-refractivity contribution < 1.29 is 28.3 Å². The zero-order valence-corrected chi connectivity index (χ0v) is 21.3. The maximum absolute atomic E-state index is 13.5. The molecule has 9 heteroatoms. The average molecular weight is 511 g/mol. The number of ether oxygens (including phenoxy) is 3. The van der Waals surface area contributed by atoms with Crippen molar-refractivity contribution in [1.82, 2.24) is 9.47 Å². The van der Waals surface area contributed by atoms with Gasteiger partial charge in [-0.3, -0.25) is 4.90 Å². The van der Waals surface area contributed by atoms with Gasteiger partial charge in [0.1, 0.15) is 11.5 Å². The van der Waals surface area contributed by atoms with Gasteiger partial charge in [0.15, 0.2) is 0 Å². The molecule has 190 valence electrons. The molecule has 3 aromatic rings. The van der Waals surface area contributed by atoms with Crippen LogP contribution in [0.15, 0.2) is 36.4 Å². The Morgan fingerprint density at radius 2 is 1.86 bits per heavy atom. The van der Waals surface area contributed by atoms with Crippen LogP contribution in [0.2, 0.25) is 0 Å². The number of nitrogens with zero attached hydrogens (tertiary/aromatic N) is 2. The van der Waals surface area contributed by atoms with Gasteiger partial charge in [-0.05, 0) is 61.7 Å². The van der Waals surface area contributed by atoms with E-state index in [4.69, 9.17) is 14.2 Å². The highest BCUT2D eigenvalue weighted by Gasteiger charge is 2.36. The van der Waals surface area contributed by atoms with Crippen LogP contribution in [-0.4, -0.2) is 69.6 Å². The molecule has 36 heavy (non-hydrogen) atoms. The highest BCUT2D eigenvalue weighted by molar-refractivity contribution is 7.67. The van der Waals surface area contributed by atoms with Crippen LogP contribution in [-0.2, 0) is 27.3 Å². The number of phenols is 1. The van der Waals surface area contributed by atoms with Gasteiger partial charge in [0.05, 0.1) is 59.8 Å². The minimum absolute atomic E-state index is 0.125. The van der Waals surface area contributed by atoms with Gasteiger partial charge in [-0.25, -0.2) is 9.00 Å². The first-order valence-electron chi connectivity index (χ1n) is 12.2. The van der Waals surface area contributed by atoms with Gasteiger partial charge in [-0.15, -0.1) is 0 Å². The van der Waals surface area contributed by atoms with E-state index < -0.39 is 5.97 Å². The SMILES string of the molecule is CCOC(=O)c1c(C(=S=O)c2ccc(OC)cc2)n(C2CC2)c2ccc(O)c(CN3CCOCC3)c12. The summed E-state index contributed by atoms with van der Waals surface area (Å²) in [6, 6.07) is 11.0. The molecule has 1 saturated carbocycles. The quantitative estimate of drug-likeness (QED) is 0.282. The molecule has 1 saturated heterocycles. The highest BCUT2D eigenvalue weighted by Crippen LogP contribution is 2.44. The molecule has 1 N–H and O–H groups in total. The highest BCUT2D eigenvalue weighted by atomic mass is 32.1. The van der Waals surface area contributed by atoms with E-state index >= 15 is 0 Å². The fourth-order valence-corrected chi connectivity index (χ4v) is 5.42. The van der Waals surface area contributed by atoms with Gasteiger partial charge < -0.3 is 23.9 Å². The van der Waals surface area contributed by atoms with E-state index in [1.54, 1.807) is 32.2 Å². The van der Waals surface area contributed by atoms with E-state index in [9.17, 15) is 14.1 Å². The first-order chi connectivity index (χ1) is 17.6. The van der Waals surface area contributed by atoms with Crippen LogP contribution in [0.5, 0.6) is 11.5 Å². The zero-order valence-electron chi connectivity index (χ0n) is 20.5. The van der Waals surface area contributed by atoms with E-state index in [0.717, 1.165) is 31.4 Å². The van der Waals surface area contributed by atoms with Crippen molar-refractivity contribution >= 4 is 33.0 Å². The Morgan fingerprint density at radius 3 is 2.47 bits per heavy atom. The maximum atomic E-state index is 13.5. The van der Waals surface area contributed by atoms with Crippen molar-refractivity contribution in [3.05, 3.63) is 58.8 Å². The summed E-state index contributed by atoms with van der Waals surface area (Å²) in [4.78, 5) is 16.2. The Hall–Kier alpha value is -3.14. The summed E-state index contributed by atoms with van der Waals surface area (Å²) in [6.45, 7) is 5.15. The molecule has 8 nitrogen and oxygen atoms in total. The number of benzene rings is 2. The minimum atomic E-state index is -0.495. The molecule has 1 aromatic heterocycles. The Morgan fingerprint density at radius 1 is 1.14 bits per heavy atom. The van der Waals surface area contributed by atoms with Crippen molar-refractivity contribution in [2.75, 3.05) is 40.0 Å². The fourth-order valence-electron chi connectivity index (χ4n) is 4.91. The van der Waals surface area contributed by atoms with E-state index in [0.29, 0.717) is 69.4 Å². The normalized spacial score (nSPS) is 16.2. The van der Waals surface area contributed by atoms with Crippen molar-refractivity contribution in [1.29, 1.82) is 0 Å². The summed E-state index contributed by atoms with van der Waals surface area (Å²) >= 11 is 0.367. The third-order valence-electron chi connectivity index (χ3n) is 6.78. The molecule has 2 fully saturated rings. The van der Waals surface area contributed by atoms with Gasteiger partial charge in [-0.2, -0.15) is 0 Å². The molecular weight excluding hydrogens is 480 g/mol. The van der Waals surface area contributed by atoms with Crippen LogP contribution < -0.4 is 4.74 Å². The lowest BCUT2D eigenvalue weighted by Gasteiger charge is -2.27. The van der Waals surface area contributed by atoms with E-state index in [-0.39, 0.29) is 18.4 Å². The topological polar surface area (TPSA) is 90.2 Å². The first-order valence-corrected chi connectivity index (χ1v) is 13.0. The molecule has 2 aliphatic rings. The molecule has 2 aromatic carbocycles. The molecule has 5 rings (SSSR count). The number of morpholine rings is 1. The lowest BCUT2D eigenvalue weighted by Crippen LogP contribution is -2.35. The smallest absolute Gasteiger partial charge is 0.341 e. The van der Waals surface area contributed by atoms with Crippen molar-refractivity contribution in [3.63, 3.8) is 0 Å². The number of esters is 1. The molecule has 0 spiro atoms. The summed E-state index contributed by atoms with van der Waals surface area (Å²) in [5.74, 6) is 0.311. The summed E-state index contributed by atoms with van der Waals surface area (Å²) in [5.41, 5.74) is 3.10. The number of aromatic hydroxyl groups is 1. The molecule has 0 atom stereocenters. The molecule has 0 amide bonds. The Balaban J connectivity index is 1.78. The number of fused-ring (bicyclic) bond motifs is 1. The summed E-state index contributed by atoms with van der Waals surface area (Å²) in [6.07, 6.45) is 1.91. The third kappa shape index (κ3) is 4.54. The minimum Gasteiger partial charge on any atom is -0.508 e. The first kappa shape index (κ1) is 24.5. The number of carbonyl (C=O) groups excluding carboxylic acids is 1. The monoisotopic (exact) mass is 510 g/mol. The Labute approximate surface area is 213 Å². The Bertz CT molecular complexity index is 1330. The second kappa shape index (κ2) is 10.5. The van der Waals surface area contributed by atoms with Gasteiger partial charge in [0.25, 0.3) is 0 Å². The number of methoxy groups -OCH3 is 1. The van der Waals surface area contributed by atoms with Crippen LogP contribution >= 0.6 is 0 Å².